The highest BCUT2D eigenvalue weighted by Crippen LogP contribution is 2.29. The van der Waals surface area contributed by atoms with E-state index in [9.17, 15) is 4.39 Å². The summed E-state index contributed by atoms with van der Waals surface area (Å²) < 4.78 is 22.0. The zero-order chi connectivity index (χ0) is 20.2. The van der Waals surface area contributed by atoms with Crippen LogP contribution >= 0.6 is 11.8 Å². The molecule has 29 heavy (non-hydrogen) atoms. The zero-order valence-corrected chi connectivity index (χ0v) is 16.9. The van der Waals surface area contributed by atoms with E-state index in [2.05, 4.69) is 34.2 Å². The second-order valence-electron chi connectivity index (χ2n) is 6.95. The summed E-state index contributed by atoms with van der Waals surface area (Å²) in [5.74, 6) is 2.00. The SMILES string of the molecule is CC(C)Cn1c(SCc2nnc(-c3ccccc3)o2)nnc1-c1ccccc1F. The third-order valence-corrected chi connectivity index (χ3v) is 5.14. The maximum Gasteiger partial charge on any atom is 0.247 e. The predicted molar refractivity (Wildman–Crippen MR) is 110 cm³/mol. The van der Waals surface area contributed by atoms with Crippen molar-refractivity contribution < 1.29 is 8.81 Å². The first-order chi connectivity index (χ1) is 14.1. The number of hydrogen-bond donors (Lipinski definition) is 0. The molecule has 0 spiro atoms. The summed E-state index contributed by atoms with van der Waals surface area (Å²) in [6, 6.07) is 16.2. The number of aromatic nitrogens is 5. The van der Waals surface area contributed by atoms with Crippen LogP contribution in [0.3, 0.4) is 0 Å². The van der Waals surface area contributed by atoms with Gasteiger partial charge >= 0.3 is 0 Å². The topological polar surface area (TPSA) is 69.6 Å². The summed E-state index contributed by atoms with van der Waals surface area (Å²) in [6.07, 6.45) is 0. The molecule has 0 aliphatic carbocycles. The Morgan fingerprint density at radius 1 is 0.966 bits per heavy atom. The van der Waals surface area contributed by atoms with Crippen molar-refractivity contribution in [3.63, 3.8) is 0 Å². The van der Waals surface area contributed by atoms with E-state index in [1.807, 2.05) is 34.9 Å². The lowest BCUT2D eigenvalue weighted by Crippen LogP contribution is -2.08. The fourth-order valence-electron chi connectivity index (χ4n) is 2.90. The van der Waals surface area contributed by atoms with Crippen molar-refractivity contribution in [1.29, 1.82) is 0 Å². The van der Waals surface area contributed by atoms with E-state index in [1.54, 1.807) is 18.2 Å². The minimum atomic E-state index is -0.314. The summed E-state index contributed by atoms with van der Waals surface area (Å²) in [7, 11) is 0. The van der Waals surface area contributed by atoms with Crippen LogP contribution in [0.5, 0.6) is 0 Å². The van der Waals surface area contributed by atoms with Crippen LogP contribution < -0.4 is 0 Å². The zero-order valence-electron chi connectivity index (χ0n) is 16.1. The van der Waals surface area contributed by atoms with E-state index in [-0.39, 0.29) is 5.82 Å². The van der Waals surface area contributed by atoms with Crippen molar-refractivity contribution in [2.75, 3.05) is 0 Å². The second kappa shape index (κ2) is 8.57. The maximum atomic E-state index is 14.3. The van der Waals surface area contributed by atoms with E-state index < -0.39 is 0 Å². The van der Waals surface area contributed by atoms with Gasteiger partial charge in [0, 0.05) is 12.1 Å². The lowest BCUT2D eigenvalue weighted by molar-refractivity contribution is 0.495. The smallest absolute Gasteiger partial charge is 0.247 e. The molecule has 0 atom stereocenters. The molecule has 6 nitrogen and oxygen atoms in total. The molecule has 4 aromatic rings. The monoisotopic (exact) mass is 409 g/mol. The van der Waals surface area contributed by atoms with Crippen molar-refractivity contribution in [3.05, 3.63) is 66.3 Å². The first-order valence-corrected chi connectivity index (χ1v) is 10.3. The van der Waals surface area contributed by atoms with Gasteiger partial charge in [-0.05, 0) is 30.2 Å². The van der Waals surface area contributed by atoms with Crippen LogP contribution in [0.25, 0.3) is 22.8 Å². The average molecular weight is 409 g/mol. The minimum Gasteiger partial charge on any atom is -0.420 e. The molecule has 4 rings (SSSR count). The first-order valence-electron chi connectivity index (χ1n) is 9.30. The highest BCUT2D eigenvalue weighted by molar-refractivity contribution is 7.98. The molecular weight excluding hydrogens is 389 g/mol. The molecule has 0 N–H and O–H groups in total. The highest BCUT2D eigenvalue weighted by atomic mass is 32.2. The van der Waals surface area contributed by atoms with Crippen molar-refractivity contribution in [1.82, 2.24) is 25.0 Å². The Hall–Kier alpha value is -3.00. The molecule has 2 aromatic heterocycles. The molecule has 0 amide bonds. The molecule has 0 saturated carbocycles. The van der Waals surface area contributed by atoms with E-state index in [1.165, 1.54) is 17.8 Å². The van der Waals surface area contributed by atoms with Gasteiger partial charge in [0.05, 0.1) is 11.3 Å². The Balaban J connectivity index is 1.56. The van der Waals surface area contributed by atoms with Gasteiger partial charge in [0.2, 0.25) is 11.8 Å². The Morgan fingerprint density at radius 3 is 2.48 bits per heavy atom. The summed E-state index contributed by atoms with van der Waals surface area (Å²) in [5, 5.41) is 17.5. The van der Waals surface area contributed by atoms with E-state index in [0.29, 0.717) is 46.5 Å². The molecule has 0 aliphatic heterocycles. The Kier molecular flexibility index (Phi) is 5.71. The molecule has 2 heterocycles. The number of benzene rings is 2. The second-order valence-corrected chi connectivity index (χ2v) is 7.89. The number of nitrogens with zero attached hydrogens (tertiary/aromatic N) is 5. The average Bonchev–Trinajstić information content (AvgIpc) is 3.34. The van der Waals surface area contributed by atoms with Gasteiger partial charge in [-0.15, -0.1) is 20.4 Å². The number of thioether (sulfide) groups is 1. The normalized spacial score (nSPS) is 11.3. The number of halogens is 1. The van der Waals surface area contributed by atoms with Crippen molar-refractivity contribution in [2.24, 2.45) is 5.92 Å². The fourth-order valence-corrected chi connectivity index (χ4v) is 3.69. The van der Waals surface area contributed by atoms with Gasteiger partial charge in [0.15, 0.2) is 11.0 Å². The fraction of sp³-hybridized carbons (Fsp3) is 0.238. The van der Waals surface area contributed by atoms with Crippen LogP contribution in [0.1, 0.15) is 19.7 Å². The largest absolute Gasteiger partial charge is 0.420 e. The molecule has 148 valence electrons. The maximum absolute atomic E-state index is 14.3. The van der Waals surface area contributed by atoms with Crippen LogP contribution in [0, 0.1) is 11.7 Å². The molecule has 0 fully saturated rings. The standard InChI is InChI=1S/C21H20FN5OS/c1-14(2)12-27-19(16-10-6-7-11-17(16)22)24-26-21(27)29-13-18-23-25-20(28-18)15-8-4-3-5-9-15/h3-11,14H,12-13H2,1-2H3. The first kappa shape index (κ1) is 19.3. The van der Waals surface area contributed by atoms with E-state index in [0.717, 1.165) is 5.56 Å². The van der Waals surface area contributed by atoms with Gasteiger partial charge in [0.1, 0.15) is 5.82 Å². The number of rotatable bonds is 7. The molecule has 0 saturated heterocycles. The summed E-state index contributed by atoms with van der Waals surface area (Å²) >= 11 is 1.44. The Morgan fingerprint density at radius 2 is 1.72 bits per heavy atom. The Labute approximate surface area is 172 Å². The van der Waals surface area contributed by atoms with E-state index in [4.69, 9.17) is 4.42 Å². The van der Waals surface area contributed by atoms with Gasteiger partial charge < -0.3 is 8.98 Å². The predicted octanol–water partition coefficient (Wildman–Crippen LogP) is 5.08. The highest BCUT2D eigenvalue weighted by Gasteiger charge is 2.19. The third-order valence-electron chi connectivity index (χ3n) is 4.19. The molecule has 0 radical (unpaired) electrons. The molecular formula is C21H20FN5OS. The molecule has 2 aromatic carbocycles. The lowest BCUT2D eigenvalue weighted by atomic mass is 10.2. The minimum absolute atomic E-state index is 0.314. The van der Waals surface area contributed by atoms with Crippen LogP contribution in [0.2, 0.25) is 0 Å². The lowest BCUT2D eigenvalue weighted by Gasteiger charge is -2.12. The number of hydrogen-bond acceptors (Lipinski definition) is 6. The Bertz CT molecular complexity index is 1090. The molecule has 8 heteroatoms. The van der Waals surface area contributed by atoms with Gasteiger partial charge in [0.25, 0.3) is 0 Å². The van der Waals surface area contributed by atoms with Crippen LogP contribution in [-0.2, 0) is 12.3 Å². The van der Waals surface area contributed by atoms with Crippen LogP contribution in [0.4, 0.5) is 4.39 Å². The molecule has 0 bridgehead atoms. The van der Waals surface area contributed by atoms with E-state index >= 15 is 0 Å². The summed E-state index contributed by atoms with van der Waals surface area (Å²) in [4.78, 5) is 0. The molecule has 0 unspecified atom stereocenters. The summed E-state index contributed by atoms with van der Waals surface area (Å²) in [6.45, 7) is 4.88. The molecule has 0 aliphatic rings. The van der Waals surface area contributed by atoms with Crippen molar-refractivity contribution >= 4 is 11.8 Å². The van der Waals surface area contributed by atoms with Crippen molar-refractivity contribution in [2.45, 2.75) is 31.3 Å². The van der Waals surface area contributed by atoms with Gasteiger partial charge in [-0.2, -0.15) is 0 Å². The van der Waals surface area contributed by atoms with Crippen LogP contribution in [0.15, 0.2) is 64.2 Å². The summed E-state index contributed by atoms with van der Waals surface area (Å²) in [5.41, 5.74) is 1.32. The van der Waals surface area contributed by atoms with Gasteiger partial charge in [-0.3, -0.25) is 0 Å². The third kappa shape index (κ3) is 4.37. The van der Waals surface area contributed by atoms with Gasteiger partial charge in [-0.25, -0.2) is 4.39 Å². The van der Waals surface area contributed by atoms with Crippen LogP contribution in [-0.4, -0.2) is 25.0 Å². The van der Waals surface area contributed by atoms with Crippen molar-refractivity contribution in [3.8, 4) is 22.8 Å². The van der Waals surface area contributed by atoms with Gasteiger partial charge in [-0.1, -0.05) is 55.9 Å². The quantitative estimate of drug-likeness (QED) is 0.396.